The summed E-state index contributed by atoms with van der Waals surface area (Å²) in [6.45, 7) is 0. The van der Waals surface area contributed by atoms with Gasteiger partial charge in [0, 0.05) is 49.1 Å². The normalized spacial score (nSPS) is 11.9. The number of aromatic nitrogens is 2. The number of nitrogens with zero attached hydrogens (tertiary/aromatic N) is 4. The summed E-state index contributed by atoms with van der Waals surface area (Å²) in [4.78, 5) is 0. The van der Waals surface area contributed by atoms with Gasteiger partial charge in [-0.25, -0.2) is 0 Å². The second-order valence-electron chi connectivity index (χ2n) is 14.3. The Balaban J connectivity index is 1.00. The van der Waals surface area contributed by atoms with Crippen molar-refractivity contribution in [2.75, 3.05) is 0 Å². The van der Waals surface area contributed by atoms with Crippen molar-refractivity contribution in [3.05, 3.63) is 169 Å². The quantitative estimate of drug-likeness (QED) is 0.182. The zero-order chi connectivity index (χ0) is 37.1. The number of rotatable bonds is 3. The standard InChI is InChI=1S/C50H26N4O2/c51-27-29-13-21-41-39(25-29)47-42(23-24-46-49(47)38-9-3-6-12-45(38)55-46)54(41)33-18-19-34(31(26-33)28-52)30-14-16-32(17-15-30)53-40-10-4-1-8-37(40)48-43(53)22-20-36-35-7-2-5-11-44(35)56-50(36)48/h1-26H. The smallest absolute Gasteiger partial charge is 0.145 e. The second kappa shape index (κ2) is 11.2. The van der Waals surface area contributed by atoms with E-state index in [0.717, 1.165) is 110 Å². The monoisotopic (exact) mass is 714 g/mol. The maximum absolute atomic E-state index is 10.6. The summed E-state index contributed by atoms with van der Waals surface area (Å²) in [7, 11) is 0. The summed E-state index contributed by atoms with van der Waals surface area (Å²) in [6.07, 6.45) is 0. The van der Waals surface area contributed by atoms with Gasteiger partial charge >= 0.3 is 0 Å². The Morgan fingerprint density at radius 1 is 0.411 bits per heavy atom. The van der Waals surface area contributed by atoms with Crippen LogP contribution in [0.1, 0.15) is 11.1 Å². The lowest BCUT2D eigenvalue weighted by Crippen LogP contribution is -1.97. The van der Waals surface area contributed by atoms with Gasteiger partial charge in [-0.3, -0.25) is 0 Å². The molecule has 0 spiro atoms. The van der Waals surface area contributed by atoms with Gasteiger partial charge in [0.2, 0.25) is 0 Å². The van der Waals surface area contributed by atoms with Crippen LogP contribution in [0.4, 0.5) is 0 Å². The molecule has 4 aromatic heterocycles. The SMILES string of the molecule is N#Cc1ccc2c(c1)c1c3c(ccc1n2-c1ccc(-c2ccc(-n4c5ccccc5c5c6oc7ccccc7c6ccc54)cc2)c(C#N)c1)oc1ccccc13. The molecule has 56 heavy (non-hydrogen) atoms. The molecule has 0 saturated heterocycles. The van der Waals surface area contributed by atoms with Gasteiger partial charge in [-0.05, 0) is 96.1 Å². The van der Waals surface area contributed by atoms with Crippen molar-refractivity contribution in [3.63, 3.8) is 0 Å². The molecule has 8 aromatic carbocycles. The Bertz CT molecular complexity index is 3730. The molecule has 6 nitrogen and oxygen atoms in total. The van der Waals surface area contributed by atoms with Crippen LogP contribution in [0.15, 0.2) is 167 Å². The van der Waals surface area contributed by atoms with Gasteiger partial charge in [0.25, 0.3) is 0 Å². The minimum atomic E-state index is 0.567. The Morgan fingerprint density at radius 2 is 1.07 bits per heavy atom. The topological polar surface area (TPSA) is 83.7 Å². The molecule has 6 heteroatoms. The van der Waals surface area contributed by atoms with Crippen LogP contribution in [-0.4, -0.2) is 9.13 Å². The summed E-state index contributed by atoms with van der Waals surface area (Å²) in [5.41, 5.74) is 12.3. The fourth-order valence-electron chi connectivity index (χ4n) is 8.99. The third-order valence-corrected chi connectivity index (χ3v) is 11.4. The highest BCUT2D eigenvalue weighted by molar-refractivity contribution is 6.28. The van der Waals surface area contributed by atoms with Crippen LogP contribution in [0.25, 0.3) is 110 Å². The summed E-state index contributed by atoms with van der Waals surface area (Å²) in [6, 6.07) is 58.2. The maximum Gasteiger partial charge on any atom is 0.145 e. The number of nitriles is 2. The summed E-state index contributed by atoms with van der Waals surface area (Å²) in [5.74, 6) is 0. The molecule has 0 aliphatic rings. The van der Waals surface area contributed by atoms with E-state index >= 15 is 0 Å². The van der Waals surface area contributed by atoms with Crippen molar-refractivity contribution in [1.82, 2.24) is 9.13 Å². The first-order chi connectivity index (χ1) is 27.7. The van der Waals surface area contributed by atoms with Gasteiger partial charge in [0.1, 0.15) is 22.3 Å². The number of hydrogen-bond donors (Lipinski definition) is 0. The first kappa shape index (κ1) is 30.4. The van der Waals surface area contributed by atoms with E-state index in [2.05, 4.69) is 106 Å². The van der Waals surface area contributed by atoms with Crippen molar-refractivity contribution < 1.29 is 8.83 Å². The largest absolute Gasteiger partial charge is 0.456 e. The molecule has 258 valence electrons. The lowest BCUT2D eigenvalue weighted by molar-refractivity contribution is 0.669. The first-order valence-corrected chi connectivity index (χ1v) is 18.5. The Labute approximate surface area is 318 Å². The number of furan rings is 2. The molecule has 0 amide bonds. The van der Waals surface area contributed by atoms with E-state index in [1.54, 1.807) is 0 Å². The second-order valence-corrected chi connectivity index (χ2v) is 14.3. The van der Waals surface area contributed by atoms with Crippen LogP contribution < -0.4 is 0 Å². The van der Waals surface area contributed by atoms with E-state index in [1.165, 1.54) is 0 Å². The zero-order valence-electron chi connectivity index (χ0n) is 29.6. The van der Waals surface area contributed by atoms with Crippen LogP contribution in [0.2, 0.25) is 0 Å². The van der Waals surface area contributed by atoms with E-state index in [4.69, 9.17) is 8.83 Å². The van der Waals surface area contributed by atoms with E-state index in [9.17, 15) is 10.5 Å². The predicted octanol–water partition coefficient (Wildman–Crippen LogP) is 13.1. The van der Waals surface area contributed by atoms with Crippen molar-refractivity contribution in [3.8, 4) is 34.6 Å². The highest BCUT2D eigenvalue weighted by atomic mass is 16.3. The molecular formula is C50H26N4O2. The minimum absolute atomic E-state index is 0.567. The van der Waals surface area contributed by atoms with Crippen molar-refractivity contribution in [2.45, 2.75) is 0 Å². The van der Waals surface area contributed by atoms with Gasteiger partial charge in [-0.2, -0.15) is 10.5 Å². The third-order valence-electron chi connectivity index (χ3n) is 11.4. The molecule has 12 rings (SSSR count). The van der Waals surface area contributed by atoms with Gasteiger partial charge in [0.15, 0.2) is 0 Å². The lowest BCUT2D eigenvalue weighted by atomic mass is 9.99. The Morgan fingerprint density at radius 3 is 1.89 bits per heavy atom. The molecule has 0 aliphatic heterocycles. The van der Waals surface area contributed by atoms with Gasteiger partial charge in [-0.15, -0.1) is 0 Å². The van der Waals surface area contributed by atoms with E-state index in [1.807, 2.05) is 72.8 Å². The molecule has 0 aliphatic carbocycles. The molecule has 0 saturated carbocycles. The van der Waals surface area contributed by atoms with Gasteiger partial charge in [-0.1, -0.05) is 72.8 Å². The fourth-order valence-corrected chi connectivity index (χ4v) is 8.99. The molecule has 4 heterocycles. The number of hydrogen-bond acceptors (Lipinski definition) is 4. The van der Waals surface area contributed by atoms with Gasteiger partial charge < -0.3 is 18.0 Å². The predicted molar refractivity (Wildman–Crippen MR) is 225 cm³/mol. The Hall–Kier alpha value is -8.06. The molecule has 0 N–H and O–H groups in total. The first-order valence-electron chi connectivity index (χ1n) is 18.5. The number of para-hydroxylation sites is 3. The summed E-state index contributed by atoms with van der Waals surface area (Å²) >= 11 is 0. The van der Waals surface area contributed by atoms with Crippen LogP contribution >= 0.6 is 0 Å². The maximum atomic E-state index is 10.6. The van der Waals surface area contributed by atoms with Crippen LogP contribution in [0, 0.1) is 22.7 Å². The van der Waals surface area contributed by atoms with Crippen LogP contribution in [0.5, 0.6) is 0 Å². The Kier molecular flexibility index (Phi) is 6.10. The molecule has 0 atom stereocenters. The lowest BCUT2D eigenvalue weighted by Gasteiger charge is -2.13. The molecule has 12 aromatic rings. The fraction of sp³-hybridized carbons (Fsp3) is 0. The molecule has 0 fully saturated rings. The average Bonchev–Trinajstić information content (AvgIpc) is 4.00. The number of benzene rings is 8. The van der Waals surface area contributed by atoms with Crippen LogP contribution in [0.3, 0.4) is 0 Å². The molecule has 0 radical (unpaired) electrons. The number of fused-ring (bicyclic) bond motifs is 14. The van der Waals surface area contributed by atoms with Crippen molar-refractivity contribution >= 4 is 87.5 Å². The van der Waals surface area contributed by atoms with E-state index in [0.29, 0.717) is 11.1 Å². The summed E-state index contributed by atoms with van der Waals surface area (Å²) in [5, 5.41) is 28.9. The third kappa shape index (κ3) is 4.07. The van der Waals surface area contributed by atoms with Crippen LogP contribution in [-0.2, 0) is 0 Å². The van der Waals surface area contributed by atoms with Crippen molar-refractivity contribution in [1.29, 1.82) is 10.5 Å². The molecular weight excluding hydrogens is 689 g/mol. The van der Waals surface area contributed by atoms with E-state index in [-0.39, 0.29) is 0 Å². The molecule has 0 unspecified atom stereocenters. The van der Waals surface area contributed by atoms with Crippen molar-refractivity contribution in [2.24, 2.45) is 0 Å². The highest BCUT2D eigenvalue weighted by Gasteiger charge is 2.21. The molecule has 0 bridgehead atoms. The minimum Gasteiger partial charge on any atom is -0.456 e. The average molecular weight is 715 g/mol. The van der Waals surface area contributed by atoms with E-state index < -0.39 is 0 Å². The zero-order valence-corrected chi connectivity index (χ0v) is 29.6. The summed E-state index contributed by atoms with van der Waals surface area (Å²) < 4.78 is 17.2. The highest BCUT2D eigenvalue weighted by Crippen LogP contribution is 2.43. The van der Waals surface area contributed by atoms with Gasteiger partial charge in [0.05, 0.1) is 50.7 Å².